The van der Waals surface area contributed by atoms with Gasteiger partial charge in [-0.15, -0.1) is 12.4 Å². The molecule has 0 saturated heterocycles. The lowest BCUT2D eigenvalue weighted by atomic mass is 9.92. The first-order valence-electron chi connectivity index (χ1n) is 9.85. The van der Waals surface area contributed by atoms with Crippen LogP contribution in [-0.2, 0) is 16.0 Å². The van der Waals surface area contributed by atoms with Crippen LogP contribution in [0.5, 0.6) is 0 Å². The van der Waals surface area contributed by atoms with Gasteiger partial charge in [-0.1, -0.05) is 70.2 Å². The van der Waals surface area contributed by atoms with E-state index in [1.54, 1.807) is 11.9 Å². The molecule has 0 bridgehead atoms. The molecule has 0 aliphatic rings. The quantitative estimate of drug-likeness (QED) is 0.688. The highest BCUT2D eigenvalue weighted by atomic mass is 35.5. The summed E-state index contributed by atoms with van der Waals surface area (Å²) in [6.07, 6.45) is 0.249. The Morgan fingerprint density at radius 1 is 1.10 bits per heavy atom. The van der Waals surface area contributed by atoms with Crippen molar-refractivity contribution in [2.45, 2.75) is 40.2 Å². The number of nitrogens with two attached hydrogens (primary N) is 1. The fourth-order valence-corrected chi connectivity index (χ4v) is 3.29. The van der Waals surface area contributed by atoms with Crippen molar-refractivity contribution in [2.24, 2.45) is 17.1 Å². The van der Waals surface area contributed by atoms with Gasteiger partial charge in [0.1, 0.15) is 6.04 Å². The molecule has 6 heteroatoms. The molecule has 0 heterocycles. The summed E-state index contributed by atoms with van der Waals surface area (Å²) in [5.74, 6) is -0.228. The van der Waals surface area contributed by atoms with Gasteiger partial charge >= 0.3 is 0 Å². The second-order valence-electron chi connectivity index (χ2n) is 8.71. The number of halogens is 1. The molecule has 5 nitrogen and oxygen atoms in total. The van der Waals surface area contributed by atoms with E-state index in [4.69, 9.17) is 5.73 Å². The van der Waals surface area contributed by atoms with E-state index in [2.05, 4.69) is 5.32 Å². The molecule has 1 unspecified atom stereocenters. The second kappa shape index (κ2) is 10.6. The molecule has 3 N–H and O–H groups in total. The number of nitrogens with one attached hydrogen (secondary N) is 1. The molecule has 160 valence electrons. The Balaban J connectivity index is 0.00000420. The first-order chi connectivity index (χ1) is 13.1. The van der Waals surface area contributed by atoms with E-state index in [-0.39, 0.29) is 42.0 Å². The molecule has 0 aromatic heterocycles. The monoisotopic (exact) mass is 419 g/mol. The molecule has 0 radical (unpaired) electrons. The van der Waals surface area contributed by atoms with Gasteiger partial charge in [0.05, 0.1) is 6.42 Å². The molecule has 1 atom stereocenters. The van der Waals surface area contributed by atoms with E-state index in [0.717, 1.165) is 16.3 Å². The summed E-state index contributed by atoms with van der Waals surface area (Å²) in [7, 11) is 1.77. The van der Waals surface area contributed by atoms with Crippen molar-refractivity contribution in [3.05, 3.63) is 48.0 Å². The van der Waals surface area contributed by atoms with Gasteiger partial charge in [0.25, 0.3) is 0 Å². The molecular weight excluding hydrogens is 386 g/mol. The van der Waals surface area contributed by atoms with Crippen molar-refractivity contribution in [1.82, 2.24) is 10.2 Å². The summed E-state index contributed by atoms with van der Waals surface area (Å²) in [5.41, 5.74) is 6.56. The van der Waals surface area contributed by atoms with Crippen LogP contribution < -0.4 is 11.1 Å². The lowest BCUT2D eigenvalue weighted by Crippen LogP contribution is -2.52. The van der Waals surface area contributed by atoms with Crippen molar-refractivity contribution in [3.63, 3.8) is 0 Å². The van der Waals surface area contributed by atoms with Gasteiger partial charge in [0.15, 0.2) is 0 Å². The van der Waals surface area contributed by atoms with Crippen LogP contribution in [0.15, 0.2) is 42.5 Å². The molecule has 0 saturated carbocycles. The van der Waals surface area contributed by atoms with Gasteiger partial charge in [-0.2, -0.15) is 0 Å². The third kappa shape index (κ3) is 7.02. The van der Waals surface area contributed by atoms with Gasteiger partial charge in [0, 0.05) is 13.6 Å². The van der Waals surface area contributed by atoms with Crippen molar-refractivity contribution < 1.29 is 9.59 Å². The molecule has 0 aliphatic carbocycles. The summed E-state index contributed by atoms with van der Waals surface area (Å²) in [4.78, 5) is 27.2. The maximum absolute atomic E-state index is 12.9. The number of rotatable bonds is 8. The Labute approximate surface area is 180 Å². The number of hydrogen-bond acceptors (Lipinski definition) is 3. The van der Waals surface area contributed by atoms with Crippen LogP contribution in [-0.4, -0.2) is 42.9 Å². The normalized spacial score (nSPS) is 12.4. The van der Waals surface area contributed by atoms with Crippen molar-refractivity contribution in [2.75, 3.05) is 20.1 Å². The van der Waals surface area contributed by atoms with Crippen LogP contribution in [0.1, 0.15) is 33.3 Å². The van der Waals surface area contributed by atoms with Crippen LogP contribution in [0.25, 0.3) is 10.8 Å². The van der Waals surface area contributed by atoms with E-state index in [1.165, 1.54) is 0 Å². The SMILES string of the molecule is CC(C)C(NC(=O)Cc1ccc2ccccc2c1)C(=O)N(C)CC(C)(C)CN.Cl. The molecular formula is C23H34ClN3O2. The fraction of sp³-hybridized carbons (Fsp3) is 0.478. The highest BCUT2D eigenvalue weighted by Crippen LogP contribution is 2.17. The predicted octanol–water partition coefficient (Wildman–Crippen LogP) is 3.39. The summed E-state index contributed by atoms with van der Waals surface area (Å²) in [5, 5.41) is 5.19. The zero-order chi connectivity index (χ0) is 20.9. The van der Waals surface area contributed by atoms with Crippen molar-refractivity contribution >= 4 is 35.0 Å². The Kier molecular flexibility index (Phi) is 9.12. The van der Waals surface area contributed by atoms with Crippen LogP contribution in [0.4, 0.5) is 0 Å². The number of carbonyl (C=O) groups excluding carboxylic acids is 2. The van der Waals surface area contributed by atoms with Crippen molar-refractivity contribution in [3.8, 4) is 0 Å². The topological polar surface area (TPSA) is 75.4 Å². The van der Waals surface area contributed by atoms with Crippen LogP contribution >= 0.6 is 12.4 Å². The first-order valence-corrected chi connectivity index (χ1v) is 9.85. The molecule has 0 aliphatic heterocycles. The summed E-state index contributed by atoms with van der Waals surface area (Å²) in [6.45, 7) is 8.98. The lowest BCUT2D eigenvalue weighted by molar-refractivity contribution is -0.137. The average Bonchev–Trinajstić information content (AvgIpc) is 2.65. The minimum absolute atomic E-state index is 0. The number of nitrogens with zero attached hydrogens (tertiary/aromatic N) is 1. The fourth-order valence-electron chi connectivity index (χ4n) is 3.29. The number of hydrogen-bond donors (Lipinski definition) is 2. The molecule has 2 rings (SSSR count). The molecule has 0 fully saturated rings. The highest BCUT2D eigenvalue weighted by molar-refractivity contribution is 5.89. The second-order valence-corrected chi connectivity index (χ2v) is 8.71. The van der Waals surface area contributed by atoms with Crippen LogP contribution in [0.3, 0.4) is 0 Å². The maximum Gasteiger partial charge on any atom is 0.245 e. The smallest absolute Gasteiger partial charge is 0.245 e. The molecule has 2 aromatic carbocycles. The van der Waals surface area contributed by atoms with E-state index >= 15 is 0 Å². The molecule has 2 amide bonds. The third-order valence-electron chi connectivity index (χ3n) is 5.02. The number of likely N-dealkylation sites (N-methyl/N-ethyl adjacent to an activating group) is 1. The maximum atomic E-state index is 12.9. The van der Waals surface area contributed by atoms with E-state index in [1.807, 2.05) is 70.2 Å². The van der Waals surface area contributed by atoms with Gasteiger partial charge in [0.2, 0.25) is 11.8 Å². The minimum atomic E-state index is -0.550. The molecule has 2 aromatic rings. The number of benzene rings is 2. The Morgan fingerprint density at radius 3 is 2.31 bits per heavy atom. The lowest BCUT2D eigenvalue weighted by Gasteiger charge is -2.32. The number of carbonyl (C=O) groups is 2. The van der Waals surface area contributed by atoms with E-state index in [9.17, 15) is 9.59 Å². The van der Waals surface area contributed by atoms with Gasteiger partial charge in [-0.25, -0.2) is 0 Å². The molecule has 0 spiro atoms. The predicted molar refractivity (Wildman–Crippen MR) is 122 cm³/mol. The third-order valence-corrected chi connectivity index (χ3v) is 5.02. The summed E-state index contributed by atoms with van der Waals surface area (Å²) in [6, 6.07) is 13.5. The standard InChI is InChI=1S/C23H33N3O2.ClH/c1-16(2)21(22(28)26(5)15-23(3,4)14-24)25-20(27)13-17-10-11-18-8-6-7-9-19(18)12-17;/h6-12,16,21H,13-15,24H2,1-5H3,(H,25,27);1H. The Bertz CT molecular complexity index is 836. The summed E-state index contributed by atoms with van der Waals surface area (Å²) >= 11 is 0. The Morgan fingerprint density at radius 2 is 1.72 bits per heavy atom. The number of amides is 2. The van der Waals surface area contributed by atoms with Gasteiger partial charge < -0.3 is 16.0 Å². The van der Waals surface area contributed by atoms with Gasteiger partial charge in [-0.3, -0.25) is 9.59 Å². The van der Waals surface area contributed by atoms with Crippen LogP contribution in [0, 0.1) is 11.3 Å². The number of fused-ring (bicyclic) bond motifs is 1. The van der Waals surface area contributed by atoms with E-state index in [0.29, 0.717) is 13.1 Å². The van der Waals surface area contributed by atoms with Crippen LogP contribution in [0.2, 0.25) is 0 Å². The average molecular weight is 420 g/mol. The largest absolute Gasteiger partial charge is 0.344 e. The minimum Gasteiger partial charge on any atom is -0.344 e. The summed E-state index contributed by atoms with van der Waals surface area (Å²) < 4.78 is 0. The Hall–Kier alpha value is -2.11. The zero-order valence-corrected chi connectivity index (χ0v) is 18.9. The first kappa shape index (κ1) is 24.9. The zero-order valence-electron chi connectivity index (χ0n) is 18.1. The molecule has 29 heavy (non-hydrogen) atoms. The van der Waals surface area contributed by atoms with Crippen molar-refractivity contribution in [1.29, 1.82) is 0 Å². The highest BCUT2D eigenvalue weighted by Gasteiger charge is 2.29. The van der Waals surface area contributed by atoms with Gasteiger partial charge in [-0.05, 0) is 34.2 Å². The van der Waals surface area contributed by atoms with E-state index < -0.39 is 6.04 Å².